The molecule has 0 bridgehead atoms. The number of rotatable bonds is 3. The number of nitriles is 1. The van der Waals surface area contributed by atoms with Crippen LogP contribution in [0.2, 0.25) is 0 Å². The molecular weight excluding hydrogens is 244 g/mol. The molecule has 0 fully saturated rings. The lowest BCUT2D eigenvalue weighted by Gasteiger charge is -2.23. The van der Waals surface area contributed by atoms with Gasteiger partial charge in [-0.2, -0.15) is 5.26 Å². The number of aliphatic imine (C=N–C) groups is 1. The number of nitrogens with zero attached hydrogens (tertiary/aromatic N) is 2. The minimum atomic E-state index is -0.360. The van der Waals surface area contributed by atoms with Crippen LogP contribution in [0, 0.1) is 11.3 Å². The predicted molar refractivity (Wildman–Crippen MR) is 80.6 cm³/mol. The highest BCUT2D eigenvalue weighted by Crippen LogP contribution is 2.40. The summed E-state index contributed by atoms with van der Waals surface area (Å²) in [4.78, 5) is 4.94. The summed E-state index contributed by atoms with van der Waals surface area (Å²) < 4.78 is 0. The quantitative estimate of drug-likeness (QED) is 0.819. The van der Waals surface area contributed by atoms with E-state index < -0.39 is 0 Å². The Balaban J connectivity index is 2.02. The monoisotopic (exact) mass is 260 g/mol. The first kappa shape index (κ1) is 12.6. The molecule has 1 aliphatic heterocycles. The van der Waals surface area contributed by atoms with Gasteiger partial charge in [0.05, 0.1) is 18.0 Å². The highest BCUT2D eigenvalue weighted by molar-refractivity contribution is 6.02. The van der Waals surface area contributed by atoms with Crippen molar-refractivity contribution in [1.29, 1.82) is 5.26 Å². The zero-order chi connectivity index (χ0) is 13.8. The standard InChI is InChI=1S/C18H16N2/c19-14-13-18(16-9-5-2-6-10-16)12-11-17(20-18)15-7-3-1-4-8-15/h1-10H,11-13H2. The molecule has 1 atom stereocenters. The normalized spacial score (nSPS) is 21.2. The molecule has 0 N–H and O–H groups in total. The summed E-state index contributed by atoms with van der Waals surface area (Å²) in [5.74, 6) is 0. The largest absolute Gasteiger partial charge is 0.277 e. The molecule has 1 heterocycles. The third kappa shape index (κ3) is 2.23. The van der Waals surface area contributed by atoms with Crippen molar-refractivity contribution in [3.05, 3.63) is 71.8 Å². The molecule has 2 aromatic carbocycles. The molecule has 1 aliphatic rings. The van der Waals surface area contributed by atoms with E-state index in [-0.39, 0.29) is 5.54 Å². The Morgan fingerprint density at radius 3 is 2.30 bits per heavy atom. The average molecular weight is 260 g/mol. The van der Waals surface area contributed by atoms with Gasteiger partial charge in [-0.25, -0.2) is 0 Å². The molecule has 0 aromatic heterocycles. The average Bonchev–Trinajstić information content (AvgIpc) is 2.95. The summed E-state index contributed by atoms with van der Waals surface area (Å²) in [7, 11) is 0. The van der Waals surface area contributed by atoms with Gasteiger partial charge in [-0.15, -0.1) is 0 Å². The van der Waals surface area contributed by atoms with Crippen LogP contribution < -0.4 is 0 Å². The third-order valence-electron chi connectivity index (χ3n) is 3.91. The molecule has 1 unspecified atom stereocenters. The molecule has 0 saturated carbocycles. The van der Waals surface area contributed by atoms with Crippen LogP contribution in [0.25, 0.3) is 0 Å². The van der Waals surface area contributed by atoms with Gasteiger partial charge in [0.1, 0.15) is 0 Å². The molecule has 0 saturated heterocycles. The summed E-state index contributed by atoms with van der Waals surface area (Å²) in [5, 5.41) is 9.19. The predicted octanol–water partition coefficient (Wildman–Crippen LogP) is 4.08. The van der Waals surface area contributed by atoms with Crippen molar-refractivity contribution in [2.45, 2.75) is 24.8 Å². The summed E-state index contributed by atoms with van der Waals surface area (Å²) in [5.41, 5.74) is 3.07. The van der Waals surface area contributed by atoms with Gasteiger partial charge in [0.15, 0.2) is 0 Å². The Bertz CT molecular complexity index is 653. The first-order chi connectivity index (χ1) is 9.84. The molecule has 98 valence electrons. The van der Waals surface area contributed by atoms with E-state index in [9.17, 15) is 5.26 Å². The zero-order valence-corrected chi connectivity index (χ0v) is 11.3. The van der Waals surface area contributed by atoms with Crippen LogP contribution in [-0.4, -0.2) is 5.71 Å². The van der Waals surface area contributed by atoms with Gasteiger partial charge in [-0.05, 0) is 24.0 Å². The molecule has 0 amide bonds. The van der Waals surface area contributed by atoms with Gasteiger partial charge >= 0.3 is 0 Å². The van der Waals surface area contributed by atoms with Crippen LogP contribution in [0.15, 0.2) is 65.7 Å². The summed E-state index contributed by atoms with van der Waals surface area (Å²) in [6.07, 6.45) is 2.28. The molecule has 20 heavy (non-hydrogen) atoms. The van der Waals surface area contributed by atoms with Crippen LogP contribution in [0.3, 0.4) is 0 Å². The van der Waals surface area contributed by atoms with Crippen LogP contribution in [0.4, 0.5) is 0 Å². The van der Waals surface area contributed by atoms with E-state index >= 15 is 0 Å². The van der Waals surface area contributed by atoms with Gasteiger partial charge in [-0.3, -0.25) is 4.99 Å². The fourth-order valence-corrected chi connectivity index (χ4v) is 2.85. The number of hydrogen-bond acceptors (Lipinski definition) is 2. The molecule has 2 aromatic rings. The summed E-state index contributed by atoms with van der Waals surface area (Å²) in [6.45, 7) is 0. The Morgan fingerprint density at radius 1 is 1.00 bits per heavy atom. The van der Waals surface area contributed by atoms with Crippen LogP contribution in [0.1, 0.15) is 30.4 Å². The molecule has 0 radical (unpaired) electrons. The summed E-state index contributed by atoms with van der Waals surface area (Å²) >= 11 is 0. The number of hydrogen-bond donors (Lipinski definition) is 0. The van der Waals surface area contributed by atoms with E-state index in [2.05, 4.69) is 30.3 Å². The second-order valence-electron chi connectivity index (χ2n) is 5.16. The number of benzene rings is 2. The smallest absolute Gasteiger partial charge is 0.0993 e. The molecule has 3 rings (SSSR count). The van der Waals surface area contributed by atoms with Crippen LogP contribution in [0.5, 0.6) is 0 Å². The van der Waals surface area contributed by atoms with Crippen molar-refractivity contribution in [2.75, 3.05) is 0 Å². The maximum absolute atomic E-state index is 9.19. The van der Waals surface area contributed by atoms with Crippen molar-refractivity contribution in [1.82, 2.24) is 0 Å². The Morgan fingerprint density at radius 2 is 1.65 bits per heavy atom. The first-order valence-electron chi connectivity index (χ1n) is 6.91. The van der Waals surface area contributed by atoms with Crippen LogP contribution in [-0.2, 0) is 5.54 Å². The van der Waals surface area contributed by atoms with Crippen LogP contribution >= 0.6 is 0 Å². The third-order valence-corrected chi connectivity index (χ3v) is 3.91. The maximum Gasteiger partial charge on any atom is 0.0993 e. The lowest BCUT2D eigenvalue weighted by atomic mass is 9.85. The lowest BCUT2D eigenvalue weighted by Crippen LogP contribution is -2.19. The topological polar surface area (TPSA) is 36.1 Å². The fourth-order valence-electron chi connectivity index (χ4n) is 2.85. The molecule has 0 spiro atoms. The zero-order valence-electron chi connectivity index (χ0n) is 11.3. The maximum atomic E-state index is 9.19. The van der Waals surface area contributed by atoms with Gasteiger partial charge < -0.3 is 0 Å². The van der Waals surface area contributed by atoms with Crippen molar-refractivity contribution in [2.24, 2.45) is 4.99 Å². The highest BCUT2D eigenvalue weighted by Gasteiger charge is 2.36. The minimum Gasteiger partial charge on any atom is -0.277 e. The molecule has 2 nitrogen and oxygen atoms in total. The van der Waals surface area contributed by atoms with E-state index in [1.165, 1.54) is 5.56 Å². The lowest BCUT2D eigenvalue weighted by molar-refractivity contribution is 0.457. The van der Waals surface area contributed by atoms with E-state index in [1.54, 1.807) is 0 Å². The van der Waals surface area contributed by atoms with Gasteiger partial charge in [0.2, 0.25) is 0 Å². The van der Waals surface area contributed by atoms with E-state index in [0.29, 0.717) is 6.42 Å². The van der Waals surface area contributed by atoms with Crippen molar-refractivity contribution in [3.8, 4) is 6.07 Å². The van der Waals surface area contributed by atoms with Crippen molar-refractivity contribution >= 4 is 5.71 Å². The van der Waals surface area contributed by atoms with E-state index in [0.717, 1.165) is 24.1 Å². The SMILES string of the molecule is N#CCC1(c2ccccc2)CCC(c2ccccc2)=N1. The van der Waals surface area contributed by atoms with E-state index in [4.69, 9.17) is 4.99 Å². The van der Waals surface area contributed by atoms with Crippen molar-refractivity contribution < 1.29 is 0 Å². The van der Waals surface area contributed by atoms with Gasteiger partial charge in [0.25, 0.3) is 0 Å². The first-order valence-corrected chi connectivity index (χ1v) is 6.91. The summed E-state index contributed by atoms with van der Waals surface area (Å²) in [6, 6.07) is 22.8. The Hall–Kier alpha value is -2.40. The molecular formula is C18H16N2. The van der Waals surface area contributed by atoms with Gasteiger partial charge in [0, 0.05) is 5.71 Å². The van der Waals surface area contributed by atoms with Crippen molar-refractivity contribution in [3.63, 3.8) is 0 Å². The Kier molecular flexibility index (Phi) is 3.35. The second kappa shape index (κ2) is 5.30. The second-order valence-corrected chi connectivity index (χ2v) is 5.16. The Labute approximate surface area is 119 Å². The molecule has 0 aliphatic carbocycles. The highest BCUT2D eigenvalue weighted by atomic mass is 14.9. The van der Waals surface area contributed by atoms with Gasteiger partial charge in [-0.1, -0.05) is 60.7 Å². The minimum absolute atomic E-state index is 0.360. The van der Waals surface area contributed by atoms with E-state index in [1.807, 2.05) is 36.4 Å². The fraction of sp³-hybridized carbons (Fsp3) is 0.222. The molecule has 2 heteroatoms.